The van der Waals surface area contributed by atoms with E-state index in [1.54, 1.807) is 0 Å². The average molecular weight is 302 g/mol. The Labute approximate surface area is 123 Å². The highest BCUT2D eigenvalue weighted by Gasteiger charge is 2.30. The van der Waals surface area contributed by atoms with Crippen LogP contribution in [0.4, 0.5) is 13.2 Å². The molecule has 118 valence electrons. The second-order valence-corrected chi connectivity index (χ2v) is 5.07. The Bertz CT molecular complexity index is 424. The number of carbonyl (C=O) groups excluding carboxylic acids is 1. The van der Waals surface area contributed by atoms with Gasteiger partial charge in [-0.25, -0.2) is 0 Å². The lowest BCUT2D eigenvalue weighted by atomic mass is 10.0. The lowest BCUT2D eigenvalue weighted by molar-refractivity contribution is -0.274. The summed E-state index contributed by atoms with van der Waals surface area (Å²) in [7, 11) is 0. The molecule has 0 aliphatic carbocycles. The first-order valence-corrected chi connectivity index (χ1v) is 7.27. The zero-order valence-electron chi connectivity index (χ0n) is 12.2. The average Bonchev–Trinajstić information content (AvgIpc) is 2.39. The van der Waals surface area contributed by atoms with Gasteiger partial charge in [-0.3, -0.25) is 4.79 Å². The van der Waals surface area contributed by atoms with Crippen molar-refractivity contribution in [3.05, 3.63) is 29.8 Å². The number of hydrogen-bond acceptors (Lipinski definition) is 2. The van der Waals surface area contributed by atoms with Gasteiger partial charge in [0.05, 0.1) is 0 Å². The number of alkyl halides is 3. The van der Waals surface area contributed by atoms with Crippen LogP contribution in [0.25, 0.3) is 0 Å². The molecule has 0 spiro atoms. The van der Waals surface area contributed by atoms with E-state index in [0.717, 1.165) is 19.3 Å². The summed E-state index contributed by atoms with van der Waals surface area (Å²) >= 11 is 0. The first-order valence-electron chi connectivity index (χ1n) is 7.27. The summed E-state index contributed by atoms with van der Waals surface area (Å²) in [5.41, 5.74) is 0.711. The quantitative estimate of drug-likeness (QED) is 0.596. The summed E-state index contributed by atoms with van der Waals surface area (Å²) in [5.74, 6) is -0.144. The minimum absolute atomic E-state index is 0.121. The molecule has 1 aromatic carbocycles. The molecule has 0 heterocycles. The number of unbranched alkanes of at least 4 members (excludes halogenated alkanes) is 4. The Morgan fingerprint density at radius 1 is 1.05 bits per heavy atom. The second-order valence-electron chi connectivity index (χ2n) is 5.07. The molecule has 0 unspecified atom stereocenters. The van der Waals surface area contributed by atoms with Crippen LogP contribution in [0, 0.1) is 0 Å². The topological polar surface area (TPSA) is 26.3 Å². The van der Waals surface area contributed by atoms with Gasteiger partial charge in [-0.2, -0.15) is 0 Å². The highest BCUT2D eigenvalue weighted by Crippen LogP contribution is 2.23. The Balaban J connectivity index is 2.33. The van der Waals surface area contributed by atoms with E-state index >= 15 is 0 Å². The fourth-order valence-electron chi connectivity index (χ4n) is 2.05. The van der Waals surface area contributed by atoms with Gasteiger partial charge in [0, 0.05) is 12.8 Å². The molecular weight excluding hydrogens is 281 g/mol. The van der Waals surface area contributed by atoms with Crippen LogP contribution in [0.1, 0.15) is 51.0 Å². The van der Waals surface area contributed by atoms with E-state index in [4.69, 9.17) is 0 Å². The van der Waals surface area contributed by atoms with Crippen molar-refractivity contribution in [2.75, 3.05) is 0 Å². The molecule has 21 heavy (non-hydrogen) atoms. The van der Waals surface area contributed by atoms with Crippen molar-refractivity contribution in [3.8, 4) is 5.75 Å². The maximum absolute atomic E-state index is 12.0. The lowest BCUT2D eigenvalue weighted by Crippen LogP contribution is -2.17. The third-order valence-electron chi connectivity index (χ3n) is 3.12. The minimum Gasteiger partial charge on any atom is -0.406 e. The molecule has 0 saturated carbocycles. The fourth-order valence-corrected chi connectivity index (χ4v) is 2.05. The number of benzene rings is 1. The van der Waals surface area contributed by atoms with E-state index in [-0.39, 0.29) is 18.0 Å². The number of hydrogen-bond donors (Lipinski definition) is 0. The number of ether oxygens (including phenoxy) is 1. The van der Waals surface area contributed by atoms with E-state index in [1.807, 2.05) is 0 Å². The van der Waals surface area contributed by atoms with Gasteiger partial charge in [0.2, 0.25) is 0 Å². The van der Waals surface area contributed by atoms with Crippen molar-refractivity contribution in [1.82, 2.24) is 0 Å². The SMILES string of the molecule is CCCCCCCC(=O)Cc1ccc(OC(F)(F)F)cc1. The predicted molar refractivity (Wildman–Crippen MR) is 75.2 cm³/mol. The van der Waals surface area contributed by atoms with Crippen LogP contribution in [0.3, 0.4) is 0 Å². The lowest BCUT2D eigenvalue weighted by Gasteiger charge is -2.09. The molecule has 0 amide bonds. The van der Waals surface area contributed by atoms with Crippen molar-refractivity contribution in [2.45, 2.75) is 58.2 Å². The molecule has 0 radical (unpaired) electrons. The third-order valence-corrected chi connectivity index (χ3v) is 3.12. The van der Waals surface area contributed by atoms with E-state index in [0.29, 0.717) is 12.0 Å². The summed E-state index contributed by atoms with van der Waals surface area (Å²) in [6.07, 6.45) is 1.55. The number of rotatable bonds is 9. The van der Waals surface area contributed by atoms with Crippen LogP contribution in [0.15, 0.2) is 24.3 Å². The molecular formula is C16H21F3O2. The van der Waals surface area contributed by atoms with Gasteiger partial charge in [0.15, 0.2) is 0 Å². The molecule has 0 saturated heterocycles. The highest BCUT2D eigenvalue weighted by atomic mass is 19.4. The summed E-state index contributed by atoms with van der Waals surface area (Å²) in [5, 5.41) is 0. The zero-order chi connectivity index (χ0) is 15.7. The smallest absolute Gasteiger partial charge is 0.406 e. The number of carbonyl (C=O) groups is 1. The summed E-state index contributed by atoms with van der Waals surface area (Å²) in [6.45, 7) is 2.14. The van der Waals surface area contributed by atoms with Crippen molar-refractivity contribution < 1.29 is 22.7 Å². The molecule has 5 heteroatoms. The first kappa shape index (κ1) is 17.5. The highest BCUT2D eigenvalue weighted by molar-refractivity contribution is 5.80. The van der Waals surface area contributed by atoms with E-state index in [1.165, 1.54) is 37.1 Å². The summed E-state index contributed by atoms with van der Waals surface area (Å²) < 4.78 is 39.8. The van der Waals surface area contributed by atoms with Gasteiger partial charge < -0.3 is 4.74 Å². The summed E-state index contributed by atoms with van der Waals surface area (Å²) in [6, 6.07) is 5.46. The van der Waals surface area contributed by atoms with Crippen LogP contribution in [0.5, 0.6) is 5.75 Å². The Morgan fingerprint density at radius 3 is 2.24 bits per heavy atom. The van der Waals surface area contributed by atoms with Gasteiger partial charge in [0.25, 0.3) is 0 Å². The normalized spacial score (nSPS) is 11.4. The Hall–Kier alpha value is -1.52. The Morgan fingerprint density at radius 2 is 1.67 bits per heavy atom. The number of ketones is 1. The molecule has 0 atom stereocenters. The predicted octanol–water partition coefficient (Wildman–Crippen LogP) is 5.06. The number of halogens is 3. The first-order chi connectivity index (χ1) is 9.90. The van der Waals surface area contributed by atoms with E-state index < -0.39 is 6.36 Å². The van der Waals surface area contributed by atoms with Crippen molar-refractivity contribution in [3.63, 3.8) is 0 Å². The van der Waals surface area contributed by atoms with Crippen LogP contribution < -0.4 is 4.74 Å². The molecule has 0 fully saturated rings. The fraction of sp³-hybridized carbons (Fsp3) is 0.562. The standard InChI is InChI=1S/C16H21F3O2/c1-2-3-4-5-6-7-14(20)12-13-8-10-15(11-9-13)21-16(17,18)19/h8-11H,2-7,12H2,1H3. The molecule has 1 aromatic rings. The molecule has 0 bridgehead atoms. The molecule has 0 aromatic heterocycles. The van der Waals surface area contributed by atoms with Crippen LogP contribution >= 0.6 is 0 Å². The second kappa shape index (κ2) is 8.70. The van der Waals surface area contributed by atoms with Gasteiger partial charge in [0.1, 0.15) is 11.5 Å². The van der Waals surface area contributed by atoms with Crippen molar-refractivity contribution in [1.29, 1.82) is 0 Å². The number of Topliss-reactive ketones (excluding diaryl/α,β-unsaturated/α-hetero) is 1. The monoisotopic (exact) mass is 302 g/mol. The maximum atomic E-state index is 12.0. The maximum Gasteiger partial charge on any atom is 0.573 e. The van der Waals surface area contributed by atoms with E-state index in [2.05, 4.69) is 11.7 Å². The third kappa shape index (κ3) is 8.38. The molecule has 0 N–H and O–H groups in total. The van der Waals surface area contributed by atoms with Crippen LogP contribution in [-0.4, -0.2) is 12.1 Å². The van der Waals surface area contributed by atoms with Gasteiger partial charge in [-0.1, -0.05) is 44.7 Å². The molecule has 1 rings (SSSR count). The molecule has 0 aliphatic rings. The van der Waals surface area contributed by atoms with Crippen molar-refractivity contribution >= 4 is 5.78 Å². The molecule has 0 aliphatic heterocycles. The largest absolute Gasteiger partial charge is 0.573 e. The minimum atomic E-state index is -4.68. The van der Waals surface area contributed by atoms with Crippen molar-refractivity contribution in [2.24, 2.45) is 0 Å². The van der Waals surface area contributed by atoms with Gasteiger partial charge in [-0.15, -0.1) is 13.2 Å². The van der Waals surface area contributed by atoms with Crippen LogP contribution in [-0.2, 0) is 11.2 Å². The van der Waals surface area contributed by atoms with Gasteiger partial charge >= 0.3 is 6.36 Å². The van der Waals surface area contributed by atoms with Gasteiger partial charge in [-0.05, 0) is 24.1 Å². The Kier molecular flexibility index (Phi) is 7.26. The van der Waals surface area contributed by atoms with Crippen LogP contribution in [0.2, 0.25) is 0 Å². The van der Waals surface area contributed by atoms with E-state index in [9.17, 15) is 18.0 Å². The zero-order valence-corrected chi connectivity index (χ0v) is 12.2. The summed E-state index contributed by atoms with van der Waals surface area (Å²) in [4.78, 5) is 11.7. The molecule has 2 nitrogen and oxygen atoms in total.